The van der Waals surface area contributed by atoms with Crippen LogP contribution in [0.25, 0.3) is 0 Å². The van der Waals surface area contributed by atoms with E-state index in [2.05, 4.69) is 0 Å². The molecule has 0 unspecified atom stereocenters. The summed E-state index contributed by atoms with van der Waals surface area (Å²) in [6.07, 6.45) is 8.13. The number of carbonyl (C=O) groups excluding carboxylic acids is 1. The van der Waals surface area contributed by atoms with Gasteiger partial charge in [0.15, 0.2) is 0 Å². The highest BCUT2D eigenvalue weighted by Gasteiger charge is 2.51. The third kappa shape index (κ3) is 2.97. The van der Waals surface area contributed by atoms with Gasteiger partial charge in [-0.05, 0) is 61.7 Å². The summed E-state index contributed by atoms with van der Waals surface area (Å²) < 4.78 is 0. The first-order valence-electron chi connectivity index (χ1n) is 7.73. The van der Waals surface area contributed by atoms with Gasteiger partial charge in [0.25, 0.3) is 0 Å². The van der Waals surface area contributed by atoms with Crippen molar-refractivity contribution in [1.29, 1.82) is 0 Å². The van der Waals surface area contributed by atoms with Gasteiger partial charge in [0.05, 0.1) is 13.2 Å². The number of aliphatic hydroxyl groups is 1. The maximum Gasteiger partial charge on any atom is 0.236 e. The summed E-state index contributed by atoms with van der Waals surface area (Å²) in [6, 6.07) is 0. The Morgan fingerprint density at radius 3 is 2.05 bits per heavy atom. The number of carbonyl (C=O) groups is 1. The Morgan fingerprint density at radius 1 is 1.15 bits per heavy atom. The summed E-state index contributed by atoms with van der Waals surface area (Å²) in [4.78, 5) is 13.7. The fourth-order valence-electron chi connectivity index (χ4n) is 5.43. The second-order valence-corrected chi connectivity index (χ2v) is 7.16. The van der Waals surface area contributed by atoms with E-state index in [0.717, 1.165) is 24.3 Å². The van der Waals surface area contributed by atoms with Crippen LogP contribution in [0, 0.1) is 23.2 Å². The van der Waals surface area contributed by atoms with Gasteiger partial charge in [-0.2, -0.15) is 0 Å². The van der Waals surface area contributed by atoms with E-state index in [1.54, 1.807) is 0 Å². The average Bonchev–Trinajstić information content (AvgIpc) is 2.35. The summed E-state index contributed by atoms with van der Waals surface area (Å²) >= 11 is 0. The minimum atomic E-state index is -0.00945. The molecule has 0 saturated heterocycles. The molecule has 0 aromatic rings. The van der Waals surface area contributed by atoms with Crippen molar-refractivity contribution in [2.45, 2.75) is 38.5 Å². The zero-order valence-corrected chi connectivity index (χ0v) is 12.9. The van der Waals surface area contributed by atoms with Gasteiger partial charge < -0.3 is 15.7 Å². The minimum absolute atomic E-state index is 0. The molecule has 4 rings (SSSR count). The summed E-state index contributed by atoms with van der Waals surface area (Å²) in [6.45, 7) is 1.37. The molecule has 4 aliphatic carbocycles. The van der Waals surface area contributed by atoms with E-state index in [1.165, 1.54) is 38.5 Å². The van der Waals surface area contributed by atoms with E-state index in [1.807, 2.05) is 4.90 Å². The van der Waals surface area contributed by atoms with Crippen LogP contribution in [0.4, 0.5) is 0 Å². The molecule has 4 fully saturated rings. The number of aliphatic hydroxyl groups excluding tert-OH is 1. The van der Waals surface area contributed by atoms with Crippen molar-refractivity contribution in [2.75, 3.05) is 26.2 Å². The lowest BCUT2D eigenvalue weighted by molar-refractivity contribution is -0.136. The number of hydrogen-bond acceptors (Lipinski definition) is 3. The van der Waals surface area contributed by atoms with Crippen LogP contribution in [0.3, 0.4) is 0 Å². The second kappa shape index (κ2) is 6.20. The molecule has 5 heteroatoms. The maximum atomic E-state index is 11.9. The number of nitrogens with zero attached hydrogens (tertiary/aromatic N) is 1. The van der Waals surface area contributed by atoms with E-state index in [-0.39, 0.29) is 31.5 Å². The molecular formula is C15H27ClN2O2. The van der Waals surface area contributed by atoms with Crippen molar-refractivity contribution in [3.8, 4) is 0 Å². The first-order chi connectivity index (χ1) is 9.14. The fourth-order valence-corrected chi connectivity index (χ4v) is 5.43. The summed E-state index contributed by atoms with van der Waals surface area (Å²) in [5, 5.41) is 9.16. The molecule has 3 N–H and O–H groups in total. The van der Waals surface area contributed by atoms with Gasteiger partial charge in [-0.25, -0.2) is 0 Å². The van der Waals surface area contributed by atoms with Gasteiger partial charge >= 0.3 is 0 Å². The van der Waals surface area contributed by atoms with E-state index < -0.39 is 0 Å². The van der Waals surface area contributed by atoms with Crippen molar-refractivity contribution < 1.29 is 9.90 Å². The average molecular weight is 303 g/mol. The highest BCUT2D eigenvalue weighted by molar-refractivity contribution is 5.85. The Kier molecular flexibility index (Phi) is 4.98. The summed E-state index contributed by atoms with van der Waals surface area (Å²) in [5.41, 5.74) is 5.84. The normalized spacial score (nSPS) is 37.6. The van der Waals surface area contributed by atoms with Crippen molar-refractivity contribution in [3.05, 3.63) is 0 Å². The standard InChI is InChI=1S/C15H26N2O2.ClH/c16-9-14(19)17(1-2-18)10-15-6-11-3-12(7-15)5-13(4-11)8-15;/h11-13,18H,1-10,16H2;1H. The molecule has 0 aromatic heterocycles. The largest absolute Gasteiger partial charge is 0.395 e. The molecule has 0 radical (unpaired) electrons. The second-order valence-electron chi connectivity index (χ2n) is 7.16. The lowest BCUT2D eigenvalue weighted by Crippen LogP contribution is -2.53. The van der Waals surface area contributed by atoms with Crippen molar-refractivity contribution in [1.82, 2.24) is 4.90 Å². The van der Waals surface area contributed by atoms with Crippen LogP contribution in [0.1, 0.15) is 38.5 Å². The van der Waals surface area contributed by atoms with Gasteiger partial charge in [0.1, 0.15) is 0 Å². The molecule has 4 nitrogen and oxygen atoms in total. The van der Waals surface area contributed by atoms with Crippen LogP contribution in [0.5, 0.6) is 0 Å². The van der Waals surface area contributed by atoms with Gasteiger partial charge in [-0.15, -0.1) is 12.4 Å². The smallest absolute Gasteiger partial charge is 0.236 e. The van der Waals surface area contributed by atoms with E-state index in [0.29, 0.717) is 12.0 Å². The number of amides is 1. The van der Waals surface area contributed by atoms with Gasteiger partial charge in [-0.1, -0.05) is 0 Å². The highest BCUT2D eigenvalue weighted by Crippen LogP contribution is 2.60. The van der Waals surface area contributed by atoms with E-state index >= 15 is 0 Å². The topological polar surface area (TPSA) is 66.6 Å². The molecule has 116 valence electrons. The number of hydrogen-bond donors (Lipinski definition) is 2. The first-order valence-corrected chi connectivity index (χ1v) is 7.73. The molecule has 4 aliphatic rings. The molecule has 1 amide bonds. The highest BCUT2D eigenvalue weighted by atomic mass is 35.5. The molecule has 20 heavy (non-hydrogen) atoms. The van der Waals surface area contributed by atoms with Crippen molar-refractivity contribution in [2.24, 2.45) is 28.9 Å². The third-order valence-corrected chi connectivity index (χ3v) is 5.59. The van der Waals surface area contributed by atoms with E-state index in [4.69, 9.17) is 10.8 Å². The maximum absolute atomic E-state index is 11.9. The van der Waals surface area contributed by atoms with Crippen LogP contribution in [0.15, 0.2) is 0 Å². The van der Waals surface area contributed by atoms with Gasteiger partial charge in [0.2, 0.25) is 5.91 Å². The molecule has 0 atom stereocenters. The predicted molar refractivity (Wildman–Crippen MR) is 80.6 cm³/mol. The van der Waals surface area contributed by atoms with Crippen LogP contribution >= 0.6 is 12.4 Å². The Hall–Kier alpha value is -0.320. The fraction of sp³-hybridized carbons (Fsp3) is 0.933. The van der Waals surface area contributed by atoms with Crippen LogP contribution in [-0.2, 0) is 4.79 Å². The number of halogens is 1. The first kappa shape index (κ1) is 16.1. The number of rotatable bonds is 5. The van der Waals surface area contributed by atoms with E-state index in [9.17, 15) is 4.79 Å². The summed E-state index contributed by atoms with van der Waals surface area (Å²) in [7, 11) is 0. The van der Waals surface area contributed by atoms with Crippen LogP contribution < -0.4 is 5.73 Å². The quantitative estimate of drug-likeness (QED) is 0.807. The Labute approximate surface area is 127 Å². The molecular weight excluding hydrogens is 276 g/mol. The molecule has 0 aliphatic heterocycles. The molecule has 4 bridgehead atoms. The Bertz CT molecular complexity index is 326. The molecule has 4 saturated carbocycles. The predicted octanol–water partition coefficient (Wildman–Crippen LogP) is 1.40. The Morgan fingerprint density at radius 2 is 1.65 bits per heavy atom. The summed E-state index contributed by atoms with van der Waals surface area (Å²) in [5.74, 6) is 2.69. The zero-order chi connectivity index (χ0) is 13.5. The SMILES string of the molecule is Cl.NCC(=O)N(CCO)CC12CC3CC(CC(C3)C1)C2. The van der Waals surface area contributed by atoms with Gasteiger partial charge in [0, 0.05) is 13.1 Å². The van der Waals surface area contributed by atoms with Crippen molar-refractivity contribution >= 4 is 18.3 Å². The third-order valence-electron chi connectivity index (χ3n) is 5.59. The van der Waals surface area contributed by atoms with Crippen LogP contribution in [0.2, 0.25) is 0 Å². The minimum Gasteiger partial charge on any atom is -0.395 e. The van der Waals surface area contributed by atoms with Crippen molar-refractivity contribution in [3.63, 3.8) is 0 Å². The van der Waals surface area contributed by atoms with Crippen LogP contribution in [-0.4, -0.2) is 42.2 Å². The molecule has 0 heterocycles. The molecule has 0 aromatic carbocycles. The van der Waals surface area contributed by atoms with Gasteiger partial charge in [-0.3, -0.25) is 4.79 Å². The Balaban J connectivity index is 0.00000147. The monoisotopic (exact) mass is 302 g/mol. The molecule has 0 spiro atoms. The number of nitrogens with two attached hydrogens (primary N) is 1. The lowest BCUT2D eigenvalue weighted by atomic mass is 9.49. The zero-order valence-electron chi connectivity index (χ0n) is 12.1. The lowest BCUT2D eigenvalue weighted by Gasteiger charge is -2.57.